The van der Waals surface area contributed by atoms with Crippen LogP contribution in [-0.2, 0) is 0 Å². The molecular weight excluding hydrogens is 138 g/mol. The molecule has 55 valence electrons. The summed E-state index contributed by atoms with van der Waals surface area (Å²) in [4.78, 5) is 4.13. The maximum Gasteiger partial charge on any atom is 0.158 e. The molecule has 1 saturated carbocycles. The Balaban J connectivity index is 2.13. The maximum atomic E-state index is 8.80. The van der Waals surface area contributed by atoms with Gasteiger partial charge in [0.2, 0.25) is 0 Å². The second kappa shape index (κ2) is 2.09. The summed E-state index contributed by atoms with van der Waals surface area (Å²) >= 11 is 0. The van der Waals surface area contributed by atoms with Crippen LogP contribution in [-0.4, -0.2) is 12.4 Å². The van der Waals surface area contributed by atoms with Crippen molar-refractivity contribution in [3.05, 3.63) is 12.3 Å². The zero-order valence-corrected chi connectivity index (χ0v) is 6.07. The van der Waals surface area contributed by atoms with E-state index in [1.807, 2.05) is 0 Å². The van der Waals surface area contributed by atoms with E-state index in [4.69, 9.17) is 5.26 Å². The molecule has 1 heterocycles. The topological polar surface area (TPSA) is 50.2 Å². The van der Waals surface area contributed by atoms with Gasteiger partial charge in [-0.05, 0) is 18.9 Å². The molecule has 1 unspecified atom stereocenters. The molecule has 3 nitrogen and oxygen atoms in total. The highest BCUT2D eigenvalue weighted by molar-refractivity contribution is 5.72. The molecular formula is C8H8N3. The minimum Gasteiger partial charge on any atom is -0.265 e. The van der Waals surface area contributed by atoms with Crippen LogP contribution >= 0.6 is 0 Å². The van der Waals surface area contributed by atoms with Crippen LogP contribution in [0.4, 0.5) is 0 Å². The van der Waals surface area contributed by atoms with Crippen molar-refractivity contribution in [1.82, 2.24) is 5.32 Å². The van der Waals surface area contributed by atoms with Crippen LogP contribution in [0.25, 0.3) is 0 Å². The quantitative estimate of drug-likeness (QED) is 0.540. The molecule has 2 aliphatic rings. The van der Waals surface area contributed by atoms with Crippen LogP contribution in [0.2, 0.25) is 0 Å². The van der Waals surface area contributed by atoms with Gasteiger partial charge >= 0.3 is 0 Å². The van der Waals surface area contributed by atoms with Crippen molar-refractivity contribution >= 4 is 6.21 Å². The molecule has 2 rings (SSSR count). The van der Waals surface area contributed by atoms with Crippen molar-refractivity contribution in [2.45, 2.75) is 19.0 Å². The Kier molecular flexibility index (Phi) is 1.22. The van der Waals surface area contributed by atoms with E-state index in [-0.39, 0.29) is 11.6 Å². The molecule has 0 aromatic heterocycles. The van der Waals surface area contributed by atoms with Crippen LogP contribution in [0, 0.1) is 16.7 Å². The van der Waals surface area contributed by atoms with Gasteiger partial charge in [0.15, 0.2) is 6.17 Å². The third kappa shape index (κ3) is 0.911. The molecule has 1 radical (unpaired) electrons. The number of nitrogens with zero attached hydrogens (tertiary/aromatic N) is 3. The summed E-state index contributed by atoms with van der Waals surface area (Å²) in [6.45, 7) is 0. The molecule has 1 aliphatic carbocycles. The third-order valence-corrected chi connectivity index (χ3v) is 2.13. The lowest BCUT2D eigenvalue weighted by molar-refractivity contribution is 0.450. The summed E-state index contributed by atoms with van der Waals surface area (Å²) in [5.74, 6) is 0. The van der Waals surface area contributed by atoms with Crippen molar-refractivity contribution in [3.8, 4) is 6.07 Å². The molecule has 0 aromatic rings. The van der Waals surface area contributed by atoms with E-state index in [1.54, 1.807) is 18.5 Å². The summed E-state index contributed by atoms with van der Waals surface area (Å²) in [5.41, 5.74) is -0.249. The van der Waals surface area contributed by atoms with E-state index < -0.39 is 0 Å². The predicted octanol–water partition coefficient (Wildman–Crippen LogP) is 0.819. The average molecular weight is 146 g/mol. The smallest absolute Gasteiger partial charge is 0.158 e. The van der Waals surface area contributed by atoms with Gasteiger partial charge in [0.25, 0.3) is 0 Å². The lowest BCUT2D eigenvalue weighted by Gasteiger charge is -2.16. The van der Waals surface area contributed by atoms with Crippen LogP contribution in [0.5, 0.6) is 0 Å². The van der Waals surface area contributed by atoms with E-state index in [1.165, 1.54) is 0 Å². The van der Waals surface area contributed by atoms with E-state index in [2.05, 4.69) is 16.4 Å². The van der Waals surface area contributed by atoms with E-state index >= 15 is 0 Å². The average Bonchev–Trinajstić information content (AvgIpc) is 2.86. The first-order valence-corrected chi connectivity index (χ1v) is 3.67. The van der Waals surface area contributed by atoms with Gasteiger partial charge in [-0.3, -0.25) is 10.3 Å². The first-order chi connectivity index (χ1) is 5.37. The summed E-state index contributed by atoms with van der Waals surface area (Å²) in [5, 5.41) is 12.9. The first-order valence-electron chi connectivity index (χ1n) is 3.67. The predicted molar refractivity (Wildman–Crippen MR) is 40.8 cm³/mol. The number of rotatable bonds is 1. The van der Waals surface area contributed by atoms with Crippen LogP contribution in [0.15, 0.2) is 17.3 Å². The van der Waals surface area contributed by atoms with Crippen molar-refractivity contribution in [1.29, 1.82) is 5.26 Å². The largest absolute Gasteiger partial charge is 0.265 e. The van der Waals surface area contributed by atoms with Gasteiger partial charge in [-0.25, -0.2) is 0 Å². The lowest BCUT2D eigenvalue weighted by atomic mass is 10.1. The van der Waals surface area contributed by atoms with Gasteiger partial charge < -0.3 is 0 Å². The summed E-state index contributed by atoms with van der Waals surface area (Å²) in [6.07, 6.45) is 6.98. The monoisotopic (exact) mass is 146 g/mol. The molecule has 0 N–H and O–H groups in total. The fraction of sp³-hybridized carbons (Fsp3) is 0.500. The number of aliphatic imine (C=N–C) groups is 1. The van der Waals surface area contributed by atoms with Gasteiger partial charge in [0.05, 0.1) is 11.5 Å². The van der Waals surface area contributed by atoms with E-state index in [9.17, 15) is 0 Å². The zero-order chi connectivity index (χ0) is 7.73. The van der Waals surface area contributed by atoms with Crippen molar-refractivity contribution in [2.75, 3.05) is 0 Å². The van der Waals surface area contributed by atoms with Crippen LogP contribution in [0.1, 0.15) is 12.8 Å². The Morgan fingerprint density at radius 2 is 2.36 bits per heavy atom. The normalized spacial score (nSPS) is 30.6. The molecule has 0 saturated heterocycles. The van der Waals surface area contributed by atoms with Crippen LogP contribution < -0.4 is 5.32 Å². The second-order valence-corrected chi connectivity index (χ2v) is 2.93. The molecule has 0 spiro atoms. The zero-order valence-electron chi connectivity index (χ0n) is 6.07. The molecule has 0 amide bonds. The van der Waals surface area contributed by atoms with Crippen LogP contribution in [0.3, 0.4) is 0 Å². The molecule has 0 bridgehead atoms. The Morgan fingerprint density at radius 1 is 1.55 bits per heavy atom. The highest BCUT2D eigenvalue weighted by Crippen LogP contribution is 2.49. The van der Waals surface area contributed by atoms with E-state index in [0.717, 1.165) is 12.8 Å². The number of allylic oxidation sites excluding steroid dienone is 1. The SMILES string of the molecule is N#CC1(C2[N]C=CC=N2)CC1. The molecule has 3 heteroatoms. The van der Waals surface area contributed by atoms with Gasteiger partial charge in [-0.1, -0.05) is 0 Å². The highest BCUT2D eigenvalue weighted by Gasteiger charge is 2.51. The number of hydrogen-bond acceptors (Lipinski definition) is 2. The Labute approximate surface area is 65.4 Å². The molecule has 1 atom stereocenters. The van der Waals surface area contributed by atoms with Crippen molar-refractivity contribution < 1.29 is 0 Å². The van der Waals surface area contributed by atoms with E-state index in [0.29, 0.717) is 0 Å². The highest BCUT2D eigenvalue weighted by atomic mass is 15.1. The molecule has 11 heavy (non-hydrogen) atoms. The standard InChI is InChI=1S/C8H8N3/c9-6-8(2-3-8)7-10-4-1-5-11-7/h1,4-5,7H,2-3H2. The third-order valence-electron chi connectivity index (χ3n) is 2.13. The molecule has 1 aliphatic heterocycles. The number of hydrogen-bond donors (Lipinski definition) is 0. The van der Waals surface area contributed by atoms with Gasteiger partial charge in [-0.2, -0.15) is 5.26 Å². The first kappa shape index (κ1) is 6.41. The fourth-order valence-electron chi connectivity index (χ4n) is 1.19. The number of nitriles is 1. The fourth-order valence-corrected chi connectivity index (χ4v) is 1.19. The van der Waals surface area contributed by atoms with Gasteiger partial charge in [0.1, 0.15) is 0 Å². The summed E-state index contributed by atoms with van der Waals surface area (Å²) in [7, 11) is 0. The van der Waals surface area contributed by atoms with Crippen molar-refractivity contribution in [3.63, 3.8) is 0 Å². The molecule has 0 aromatic carbocycles. The Hall–Kier alpha value is -1.30. The Morgan fingerprint density at radius 3 is 2.82 bits per heavy atom. The maximum absolute atomic E-state index is 8.80. The lowest BCUT2D eigenvalue weighted by Crippen LogP contribution is -2.28. The Bertz CT molecular complexity index is 255. The second-order valence-electron chi connectivity index (χ2n) is 2.93. The summed E-state index contributed by atoms with van der Waals surface area (Å²) in [6, 6.07) is 2.28. The summed E-state index contributed by atoms with van der Waals surface area (Å²) < 4.78 is 0. The van der Waals surface area contributed by atoms with Crippen molar-refractivity contribution in [2.24, 2.45) is 10.4 Å². The molecule has 1 fully saturated rings. The minimum absolute atomic E-state index is 0.127. The van der Waals surface area contributed by atoms with Gasteiger partial charge in [0, 0.05) is 12.4 Å². The minimum atomic E-state index is -0.249. The van der Waals surface area contributed by atoms with Gasteiger partial charge in [-0.15, -0.1) is 0 Å².